The number of methoxy groups -OCH3 is 1. The summed E-state index contributed by atoms with van der Waals surface area (Å²) in [5, 5.41) is 2.13. The van der Waals surface area contributed by atoms with Gasteiger partial charge in [-0.1, -0.05) is 25.8 Å². The Kier molecular flexibility index (Phi) is 8.03. The van der Waals surface area contributed by atoms with Gasteiger partial charge in [0.05, 0.1) is 20.3 Å². The number of fused-ring (bicyclic) bond motifs is 1. The van der Waals surface area contributed by atoms with E-state index >= 15 is 0 Å². The summed E-state index contributed by atoms with van der Waals surface area (Å²) in [5.41, 5.74) is 0. The minimum atomic E-state index is 0.646. The predicted molar refractivity (Wildman–Crippen MR) is 101 cm³/mol. The van der Waals surface area contributed by atoms with Crippen molar-refractivity contribution in [2.24, 2.45) is 0 Å². The molecule has 0 aliphatic heterocycles. The van der Waals surface area contributed by atoms with E-state index in [0.29, 0.717) is 12.5 Å². The van der Waals surface area contributed by atoms with Gasteiger partial charge in [0.25, 0.3) is 0 Å². The van der Waals surface area contributed by atoms with Crippen LogP contribution >= 0.6 is 11.6 Å². The molecule has 24 heavy (non-hydrogen) atoms. The highest BCUT2D eigenvalue weighted by atomic mass is 35.5. The van der Waals surface area contributed by atoms with Crippen molar-refractivity contribution in [1.82, 2.24) is 0 Å². The maximum atomic E-state index is 5.85. The summed E-state index contributed by atoms with van der Waals surface area (Å²) in [7, 11) is 1.68. The van der Waals surface area contributed by atoms with Crippen LogP contribution in [0.5, 0.6) is 17.2 Å². The van der Waals surface area contributed by atoms with Crippen LogP contribution in [0, 0.1) is 0 Å². The van der Waals surface area contributed by atoms with Gasteiger partial charge < -0.3 is 14.2 Å². The van der Waals surface area contributed by atoms with E-state index < -0.39 is 0 Å². The minimum Gasteiger partial charge on any atom is -0.494 e. The maximum absolute atomic E-state index is 5.85. The van der Waals surface area contributed by atoms with Gasteiger partial charge in [0.1, 0.15) is 5.75 Å². The number of benzene rings is 2. The van der Waals surface area contributed by atoms with E-state index in [1.54, 1.807) is 7.11 Å². The van der Waals surface area contributed by atoms with Crippen molar-refractivity contribution in [3.8, 4) is 17.2 Å². The van der Waals surface area contributed by atoms with Crippen LogP contribution in [0.2, 0.25) is 0 Å². The van der Waals surface area contributed by atoms with Crippen LogP contribution in [-0.4, -0.2) is 26.2 Å². The second-order valence-corrected chi connectivity index (χ2v) is 6.16. The summed E-state index contributed by atoms with van der Waals surface area (Å²) in [6.45, 7) is 3.60. The van der Waals surface area contributed by atoms with E-state index in [9.17, 15) is 0 Å². The fourth-order valence-electron chi connectivity index (χ4n) is 2.59. The van der Waals surface area contributed by atoms with Crippen molar-refractivity contribution in [3.05, 3.63) is 30.3 Å². The first-order chi connectivity index (χ1) is 11.8. The minimum absolute atomic E-state index is 0.646. The molecule has 0 atom stereocenters. The van der Waals surface area contributed by atoms with Crippen LogP contribution in [0.4, 0.5) is 0 Å². The van der Waals surface area contributed by atoms with Crippen molar-refractivity contribution in [2.75, 3.05) is 26.2 Å². The summed E-state index contributed by atoms with van der Waals surface area (Å²) < 4.78 is 17.2. The Labute approximate surface area is 149 Å². The van der Waals surface area contributed by atoms with Crippen LogP contribution in [0.3, 0.4) is 0 Å². The largest absolute Gasteiger partial charge is 0.494 e. The fourth-order valence-corrected chi connectivity index (χ4v) is 2.78. The maximum Gasteiger partial charge on any atom is 0.168 e. The Balaban J connectivity index is 2.10. The summed E-state index contributed by atoms with van der Waals surface area (Å²) in [4.78, 5) is 0. The van der Waals surface area contributed by atoms with E-state index in [-0.39, 0.29) is 0 Å². The quantitative estimate of drug-likeness (QED) is 0.377. The molecule has 0 heterocycles. The molecule has 0 amide bonds. The third-order valence-electron chi connectivity index (χ3n) is 3.91. The van der Waals surface area contributed by atoms with E-state index in [1.807, 2.05) is 24.3 Å². The smallest absolute Gasteiger partial charge is 0.168 e. The summed E-state index contributed by atoms with van der Waals surface area (Å²) in [6, 6.07) is 10.1. The first-order valence-electron chi connectivity index (χ1n) is 8.72. The van der Waals surface area contributed by atoms with E-state index in [4.69, 9.17) is 25.8 Å². The predicted octanol–water partition coefficient (Wildman–Crippen LogP) is 5.82. The number of rotatable bonds is 11. The molecule has 132 valence electrons. The monoisotopic (exact) mass is 350 g/mol. The molecule has 0 radical (unpaired) electrons. The number of alkyl halides is 1. The zero-order valence-electron chi connectivity index (χ0n) is 14.6. The van der Waals surface area contributed by atoms with Gasteiger partial charge in [-0.25, -0.2) is 0 Å². The molecule has 0 aliphatic rings. The van der Waals surface area contributed by atoms with Crippen LogP contribution in [0.15, 0.2) is 30.3 Å². The Morgan fingerprint density at radius 3 is 2.46 bits per heavy atom. The highest BCUT2D eigenvalue weighted by Gasteiger charge is 2.10. The molecule has 2 rings (SSSR count). The molecular weight excluding hydrogens is 324 g/mol. The Morgan fingerprint density at radius 2 is 1.71 bits per heavy atom. The van der Waals surface area contributed by atoms with Crippen molar-refractivity contribution in [3.63, 3.8) is 0 Å². The van der Waals surface area contributed by atoms with Gasteiger partial charge in [-0.3, -0.25) is 0 Å². The van der Waals surface area contributed by atoms with E-state index in [0.717, 1.165) is 53.9 Å². The number of hydrogen-bond donors (Lipinski definition) is 0. The van der Waals surface area contributed by atoms with Gasteiger partial charge in [0.15, 0.2) is 11.5 Å². The molecule has 0 aliphatic carbocycles. The fraction of sp³-hybridized carbons (Fsp3) is 0.500. The van der Waals surface area contributed by atoms with Crippen molar-refractivity contribution < 1.29 is 14.2 Å². The first-order valence-corrected chi connectivity index (χ1v) is 9.26. The lowest BCUT2D eigenvalue weighted by atomic mass is 10.1. The van der Waals surface area contributed by atoms with Crippen LogP contribution in [0.25, 0.3) is 10.8 Å². The average Bonchev–Trinajstić information content (AvgIpc) is 2.62. The molecule has 4 heteroatoms. The zero-order valence-corrected chi connectivity index (χ0v) is 15.4. The molecular formula is C20H27ClO3. The zero-order chi connectivity index (χ0) is 17.2. The molecule has 2 aromatic rings. The highest BCUT2D eigenvalue weighted by molar-refractivity contribution is 6.17. The van der Waals surface area contributed by atoms with Crippen molar-refractivity contribution >= 4 is 22.4 Å². The standard InChI is InChI=1S/C20H27ClO3/c1-3-4-6-13-23-17-9-10-18-16(15-17)8-11-19(20(18)22-2)24-14-7-5-12-21/h8-11,15H,3-7,12-14H2,1-2H3. The molecule has 0 aromatic heterocycles. The lowest BCUT2D eigenvalue weighted by molar-refractivity contribution is 0.290. The van der Waals surface area contributed by atoms with Crippen LogP contribution in [-0.2, 0) is 0 Å². The Morgan fingerprint density at radius 1 is 0.917 bits per heavy atom. The number of ether oxygens (including phenoxy) is 3. The lowest BCUT2D eigenvalue weighted by Crippen LogP contribution is -2.00. The molecule has 0 unspecified atom stereocenters. The van der Waals surface area contributed by atoms with Crippen molar-refractivity contribution in [2.45, 2.75) is 39.0 Å². The van der Waals surface area contributed by atoms with Gasteiger partial charge in [-0.05, 0) is 48.9 Å². The third-order valence-corrected chi connectivity index (χ3v) is 4.18. The summed E-state index contributed by atoms with van der Waals surface area (Å²) >= 11 is 5.70. The van der Waals surface area contributed by atoms with Gasteiger partial charge in [-0.2, -0.15) is 0 Å². The summed E-state index contributed by atoms with van der Waals surface area (Å²) in [6.07, 6.45) is 5.39. The first kappa shape index (κ1) is 18.7. The summed E-state index contributed by atoms with van der Waals surface area (Å²) in [5.74, 6) is 3.11. The molecule has 0 spiro atoms. The lowest BCUT2D eigenvalue weighted by Gasteiger charge is -2.14. The number of hydrogen-bond acceptors (Lipinski definition) is 3. The molecule has 0 fully saturated rings. The molecule has 0 saturated heterocycles. The van der Waals surface area contributed by atoms with Gasteiger partial charge in [0.2, 0.25) is 0 Å². The molecule has 0 saturated carbocycles. The van der Waals surface area contributed by atoms with Crippen LogP contribution in [0.1, 0.15) is 39.0 Å². The number of halogens is 1. The number of unbranched alkanes of at least 4 members (excludes halogenated alkanes) is 3. The molecule has 0 bridgehead atoms. The second-order valence-electron chi connectivity index (χ2n) is 5.78. The van der Waals surface area contributed by atoms with E-state index in [1.165, 1.54) is 12.8 Å². The molecule has 2 aromatic carbocycles. The van der Waals surface area contributed by atoms with E-state index in [2.05, 4.69) is 13.0 Å². The van der Waals surface area contributed by atoms with Gasteiger partial charge in [0, 0.05) is 11.3 Å². The van der Waals surface area contributed by atoms with Crippen LogP contribution < -0.4 is 14.2 Å². The van der Waals surface area contributed by atoms with Gasteiger partial charge >= 0.3 is 0 Å². The SMILES string of the molecule is CCCCCOc1ccc2c(OC)c(OCCCCCl)ccc2c1. The third kappa shape index (κ3) is 5.20. The van der Waals surface area contributed by atoms with Gasteiger partial charge in [-0.15, -0.1) is 11.6 Å². The topological polar surface area (TPSA) is 27.7 Å². The highest BCUT2D eigenvalue weighted by Crippen LogP contribution is 2.37. The Hall–Kier alpha value is -1.61. The average molecular weight is 351 g/mol. The van der Waals surface area contributed by atoms with Crippen molar-refractivity contribution in [1.29, 1.82) is 0 Å². The Bertz CT molecular complexity index is 628. The molecule has 3 nitrogen and oxygen atoms in total. The second kappa shape index (κ2) is 10.3. The molecule has 0 N–H and O–H groups in total. The normalized spacial score (nSPS) is 10.8.